The van der Waals surface area contributed by atoms with Crippen molar-refractivity contribution >= 4 is 76.4 Å². The molecule has 21 nitrogen and oxygen atoms in total. The minimum absolute atomic E-state index is 0. The highest BCUT2D eigenvalue weighted by molar-refractivity contribution is 8.19. The van der Waals surface area contributed by atoms with E-state index in [4.69, 9.17) is 36.4 Å². The Balaban J connectivity index is 0.000000153. The topological polar surface area (TPSA) is 272 Å². The van der Waals surface area contributed by atoms with Gasteiger partial charge in [-0.25, -0.2) is 19.9 Å². The average molecular weight is 904 g/mol. The number of imidazole rings is 2. The molecule has 0 aromatic carbocycles. The molecule has 25 heteroatoms. The van der Waals surface area contributed by atoms with Gasteiger partial charge in [0.1, 0.15) is 57.4 Å². The third-order valence-electron chi connectivity index (χ3n) is 9.45. The number of nitrogens with zero attached hydrogens (tertiary/aromatic N) is 9. The van der Waals surface area contributed by atoms with Crippen LogP contribution in [0.3, 0.4) is 0 Å². The van der Waals surface area contributed by atoms with E-state index in [-0.39, 0.29) is 50.4 Å². The maximum absolute atomic E-state index is 12.4. The van der Waals surface area contributed by atoms with Gasteiger partial charge in [0, 0.05) is 37.0 Å². The van der Waals surface area contributed by atoms with Crippen molar-refractivity contribution in [2.45, 2.75) is 97.0 Å². The number of H-pyrrole nitrogens is 2. The number of aryl methyl sites for hydroxylation is 2. The molecular weight excluding hydrogens is 863 g/mol. The average Bonchev–Trinajstić information content (AvgIpc) is 4.07. The van der Waals surface area contributed by atoms with E-state index >= 15 is 0 Å². The monoisotopic (exact) mass is 903 g/mol. The fourth-order valence-corrected chi connectivity index (χ4v) is 9.64. The van der Waals surface area contributed by atoms with Crippen LogP contribution in [0.5, 0.6) is 0 Å². The van der Waals surface area contributed by atoms with Gasteiger partial charge >= 0.3 is 15.0 Å². The first-order valence-corrected chi connectivity index (χ1v) is 21.6. The number of aliphatic hydroxyl groups is 2. The van der Waals surface area contributed by atoms with Crippen molar-refractivity contribution in [2.75, 3.05) is 6.26 Å². The predicted molar refractivity (Wildman–Crippen MR) is 227 cm³/mol. The largest absolute Gasteiger partial charge is 0.447 e. The van der Waals surface area contributed by atoms with Gasteiger partial charge in [-0.3, -0.25) is 37.4 Å². The molecule has 3 saturated heterocycles. The van der Waals surface area contributed by atoms with Gasteiger partial charge in [0.15, 0.2) is 41.1 Å². The summed E-state index contributed by atoms with van der Waals surface area (Å²) in [4.78, 5) is 69.2. The minimum atomic E-state index is -1.24. The molecule has 3 aliphatic heterocycles. The summed E-state index contributed by atoms with van der Waals surface area (Å²) >= 11 is 6.55. The summed E-state index contributed by atoms with van der Waals surface area (Å²) in [6, 6.07) is 0. The summed E-state index contributed by atoms with van der Waals surface area (Å²) in [5.74, 6) is 0.786. The van der Waals surface area contributed by atoms with Crippen LogP contribution in [0.2, 0.25) is 0 Å². The Morgan fingerprint density at radius 2 is 1.32 bits per heavy atom. The molecule has 60 heavy (non-hydrogen) atoms. The summed E-state index contributed by atoms with van der Waals surface area (Å²) in [6.07, 6.45) is 7.64. The first-order valence-electron chi connectivity index (χ1n) is 17.9. The second-order valence-corrected chi connectivity index (χ2v) is 17.1. The van der Waals surface area contributed by atoms with Crippen LogP contribution in [0.15, 0.2) is 56.6 Å². The first kappa shape index (κ1) is 44.4. The van der Waals surface area contributed by atoms with E-state index in [1.165, 1.54) is 4.57 Å². The lowest BCUT2D eigenvalue weighted by Crippen LogP contribution is -2.33. The Morgan fingerprint density at radius 1 is 0.833 bits per heavy atom. The van der Waals surface area contributed by atoms with Crippen molar-refractivity contribution in [3.8, 4) is 5.40 Å². The summed E-state index contributed by atoms with van der Waals surface area (Å²) in [5.41, 5.74) is -0.282. The number of thiocyanates is 1. The molecule has 0 aliphatic carbocycles. The van der Waals surface area contributed by atoms with Crippen molar-refractivity contribution in [1.82, 2.24) is 48.2 Å². The number of hydrogen-bond acceptors (Lipinski definition) is 18. The van der Waals surface area contributed by atoms with Crippen LogP contribution in [0.4, 0.5) is 0 Å². The molecule has 0 bridgehead atoms. The van der Waals surface area contributed by atoms with Crippen molar-refractivity contribution in [2.24, 2.45) is 0 Å². The number of nitrogens with one attached hydrogen (secondary N) is 2. The van der Waals surface area contributed by atoms with Gasteiger partial charge in [0.05, 0.1) is 6.10 Å². The molecule has 3 aliphatic rings. The number of rotatable bonds is 4. The van der Waals surface area contributed by atoms with Gasteiger partial charge in [-0.2, -0.15) is 5.26 Å². The molecule has 9 rings (SSSR count). The van der Waals surface area contributed by atoms with Gasteiger partial charge in [-0.05, 0) is 43.4 Å². The van der Waals surface area contributed by atoms with Crippen molar-refractivity contribution in [1.29, 1.82) is 5.26 Å². The predicted octanol–water partition coefficient (Wildman–Crippen LogP) is 1.89. The highest BCUT2D eigenvalue weighted by Gasteiger charge is 2.54. The van der Waals surface area contributed by atoms with Crippen LogP contribution in [0.1, 0.15) is 58.2 Å². The normalized spacial score (nSPS) is 24.6. The van der Waals surface area contributed by atoms with Crippen LogP contribution < -0.4 is 20.9 Å². The van der Waals surface area contributed by atoms with Crippen LogP contribution >= 0.6 is 45.4 Å². The van der Waals surface area contributed by atoms with Gasteiger partial charge in [-0.1, -0.05) is 43.9 Å². The molecule has 3 fully saturated rings. The lowest BCUT2D eigenvalue weighted by Gasteiger charge is -2.17. The molecule has 0 radical (unpaired) electrons. The lowest BCUT2D eigenvalue weighted by molar-refractivity contribution is -0.0437. The van der Waals surface area contributed by atoms with E-state index in [2.05, 4.69) is 35.3 Å². The molecule has 1 unspecified atom stereocenters. The van der Waals surface area contributed by atoms with E-state index in [9.17, 15) is 29.4 Å². The first-order chi connectivity index (χ1) is 28.3. The van der Waals surface area contributed by atoms with Crippen LogP contribution in [0.25, 0.3) is 20.7 Å². The highest BCUT2D eigenvalue weighted by Crippen LogP contribution is 2.39. The standard InChI is InChI=1S/C13H13N3O5S2.C12H15N3O5S.C9H9N5S.CH4/c1-3-5-6-7(21-13(22)20-6)11(19-5)16-9-8(23-12(16)18)10(17)15-4(2)14-9;1-3-5-6(16)7(17)11(20-5)15-9-8(21-12(15)19)10(18)14-4(2)13-9;1-15(6-10)9(13-4-2-11-7-13)14-5-3-12-8-14;/h5-7,11H,3H2,1-2H3,(H,14,15,17);5-7,11,16-17H,3H2,1-2H3,(H,13,14,18);2-5,7-8H,1H3;1H4/t2*5-,6-,7-,11-;;/m11../s1. The zero-order chi connectivity index (χ0) is 42.3. The van der Waals surface area contributed by atoms with Crippen molar-refractivity contribution in [3.63, 3.8) is 0 Å². The fourth-order valence-electron chi connectivity index (χ4n) is 6.80. The number of aromatic nitrogens is 10. The van der Waals surface area contributed by atoms with E-state index in [0.717, 1.165) is 32.4 Å². The molecule has 6 aromatic rings. The smallest absolute Gasteiger partial charge is 0.353 e. The quantitative estimate of drug-likeness (QED) is 0.145. The van der Waals surface area contributed by atoms with Crippen LogP contribution in [-0.4, -0.2) is 112 Å². The second kappa shape index (κ2) is 18.2. The van der Waals surface area contributed by atoms with Gasteiger partial charge in [-0.15, -0.1) is 0 Å². The number of thiazole rings is 2. The summed E-state index contributed by atoms with van der Waals surface area (Å²) in [7, 11) is -0.505. The van der Waals surface area contributed by atoms with Gasteiger partial charge < -0.3 is 39.1 Å². The van der Waals surface area contributed by atoms with E-state index in [1.54, 1.807) is 38.9 Å². The van der Waals surface area contributed by atoms with E-state index in [0.29, 0.717) is 30.1 Å². The van der Waals surface area contributed by atoms with E-state index < -0.39 is 57.8 Å². The lowest BCUT2D eigenvalue weighted by atomic mass is 10.1. The Bertz CT molecular complexity index is 2780. The highest BCUT2D eigenvalue weighted by atomic mass is 32.2. The summed E-state index contributed by atoms with van der Waals surface area (Å²) in [6.45, 7) is 7.02. The number of ether oxygens (including phenoxy) is 4. The fraction of sp³-hybridized carbons (Fsp3) is 0.457. The molecule has 0 saturated carbocycles. The third-order valence-corrected chi connectivity index (χ3v) is 12.8. The van der Waals surface area contributed by atoms with Crippen LogP contribution in [-0.2, 0) is 18.9 Å². The Labute approximate surface area is 355 Å². The third kappa shape index (κ3) is 8.28. The number of thiocarbonyl (C=S) groups is 1. The SMILES string of the molecule is C.CC[C@H]1O[C@@H](n2c(=O)sc3c(=O)[nH]c(C)nc32)[C@@H]2OC(=S)O[C@@H]21.CC[C@H]1O[C@@H](n2c(=O)sc3c(=O)[nH]c(C)nc32)[C@H](O)[C@@H]1O.CS(C#N)=C(n1ccnc1)n1ccnc1. The molecule has 4 N–H and O–H groups in total. The zero-order valence-corrected chi connectivity index (χ0v) is 35.1. The molecule has 320 valence electrons. The summed E-state index contributed by atoms with van der Waals surface area (Å²) < 4.78 is 29.2. The van der Waals surface area contributed by atoms with Gasteiger partial charge in [0.25, 0.3) is 11.1 Å². The maximum Gasteiger partial charge on any atom is 0.353 e. The number of fused-ring (bicyclic) bond motifs is 3. The number of aromatic amines is 2. The molecule has 0 amide bonds. The minimum Gasteiger partial charge on any atom is -0.447 e. The number of nitriles is 1. The molecular formula is C35H41N11O10S4. The molecule has 9 atom stereocenters. The van der Waals surface area contributed by atoms with Crippen molar-refractivity contribution in [3.05, 3.63) is 89.1 Å². The Kier molecular flexibility index (Phi) is 13.4. The maximum atomic E-state index is 12.4. The number of hydrogen-bond donors (Lipinski definition) is 4. The zero-order valence-electron chi connectivity index (χ0n) is 31.8. The molecule has 6 aromatic heterocycles. The molecule has 9 heterocycles. The Hall–Kier alpha value is -5.20. The summed E-state index contributed by atoms with van der Waals surface area (Å²) in [5, 5.41) is 32.2. The van der Waals surface area contributed by atoms with Gasteiger partial charge in [0.2, 0.25) is 0 Å². The molecule has 0 spiro atoms. The van der Waals surface area contributed by atoms with Crippen molar-refractivity contribution < 1.29 is 29.2 Å². The number of aliphatic hydroxyl groups excluding tert-OH is 2. The Morgan fingerprint density at radius 3 is 1.77 bits per heavy atom. The second-order valence-electron chi connectivity index (χ2n) is 13.3. The van der Waals surface area contributed by atoms with Crippen LogP contribution in [0, 0.1) is 24.5 Å². The van der Waals surface area contributed by atoms with E-state index in [1.807, 2.05) is 41.6 Å².